The lowest BCUT2D eigenvalue weighted by molar-refractivity contribution is 0.375. The molecule has 0 radical (unpaired) electrons. The van der Waals surface area contributed by atoms with Crippen molar-refractivity contribution in [3.05, 3.63) is 33.4 Å². The van der Waals surface area contributed by atoms with Gasteiger partial charge in [0.15, 0.2) is 0 Å². The van der Waals surface area contributed by atoms with Crippen LogP contribution in [-0.2, 0) is 0 Å². The summed E-state index contributed by atoms with van der Waals surface area (Å²) in [4.78, 5) is 0. The first-order valence-corrected chi connectivity index (χ1v) is 7.07. The first-order chi connectivity index (χ1) is 7.50. The minimum absolute atomic E-state index is 0.443. The Balaban J connectivity index is 2.46. The largest absolute Gasteiger partial charge is 0.310 e. The van der Waals surface area contributed by atoms with Crippen molar-refractivity contribution >= 4 is 22.6 Å². The van der Waals surface area contributed by atoms with Gasteiger partial charge >= 0.3 is 0 Å². The highest BCUT2D eigenvalue weighted by molar-refractivity contribution is 14.1. The van der Waals surface area contributed by atoms with E-state index in [0.29, 0.717) is 6.04 Å². The molecule has 2 atom stereocenters. The van der Waals surface area contributed by atoms with E-state index in [0.717, 1.165) is 18.4 Å². The first kappa shape index (κ1) is 14.0. The van der Waals surface area contributed by atoms with Crippen LogP contribution in [0.3, 0.4) is 0 Å². The third-order valence-corrected chi connectivity index (χ3v) is 3.97. The number of hydrogen-bond donors (Lipinski definition) is 1. The third kappa shape index (κ3) is 4.42. The van der Waals surface area contributed by atoms with Crippen LogP contribution < -0.4 is 5.32 Å². The molecule has 0 amide bonds. The topological polar surface area (TPSA) is 12.0 Å². The quantitative estimate of drug-likeness (QED) is 0.796. The zero-order valence-electron chi connectivity index (χ0n) is 10.6. The van der Waals surface area contributed by atoms with Gasteiger partial charge in [0.05, 0.1) is 0 Å². The second-order valence-corrected chi connectivity index (χ2v) is 6.15. The maximum Gasteiger partial charge on any atom is 0.0291 e. The number of halogens is 1. The second-order valence-electron chi connectivity index (χ2n) is 4.90. The monoisotopic (exact) mass is 331 g/mol. The van der Waals surface area contributed by atoms with Gasteiger partial charge in [-0.15, -0.1) is 0 Å². The summed E-state index contributed by atoms with van der Waals surface area (Å²) >= 11 is 2.34. The molecule has 1 aromatic rings. The molecule has 1 N–H and O–H groups in total. The molecule has 90 valence electrons. The van der Waals surface area contributed by atoms with Crippen molar-refractivity contribution in [3.63, 3.8) is 0 Å². The molecule has 0 spiro atoms. The molecule has 0 aliphatic carbocycles. The summed E-state index contributed by atoms with van der Waals surface area (Å²) in [7, 11) is 0. The van der Waals surface area contributed by atoms with Gasteiger partial charge in [0.25, 0.3) is 0 Å². The average molecular weight is 331 g/mol. The van der Waals surface area contributed by atoms with Crippen molar-refractivity contribution < 1.29 is 0 Å². The maximum absolute atomic E-state index is 3.60. The zero-order chi connectivity index (χ0) is 12.1. The summed E-state index contributed by atoms with van der Waals surface area (Å²) in [5, 5.41) is 3.60. The number of rotatable bonds is 5. The fourth-order valence-corrected chi connectivity index (χ4v) is 1.83. The highest BCUT2D eigenvalue weighted by atomic mass is 127. The highest BCUT2D eigenvalue weighted by Gasteiger charge is 2.09. The van der Waals surface area contributed by atoms with Crippen LogP contribution in [-0.4, -0.2) is 6.54 Å². The van der Waals surface area contributed by atoms with Crippen LogP contribution in [0.15, 0.2) is 24.3 Å². The molecule has 0 aliphatic heterocycles. The lowest BCUT2D eigenvalue weighted by atomic mass is 9.97. The predicted octanol–water partition coefficient (Wildman–Crippen LogP) is 4.23. The van der Waals surface area contributed by atoms with Crippen LogP contribution in [0, 0.1) is 15.4 Å². The lowest BCUT2D eigenvalue weighted by Crippen LogP contribution is -2.26. The molecule has 0 saturated heterocycles. The van der Waals surface area contributed by atoms with E-state index in [1.54, 1.807) is 0 Å². The van der Waals surface area contributed by atoms with Crippen molar-refractivity contribution in [1.29, 1.82) is 0 Å². The van der Waals surface area contributed by atoms with Crippen LogP contribution in [0.1, 0.15) is 39.3 Å². The van der Waals surface area contributed by atoms with E-state index in [4.69, 9.17) is 0 Å². The molecule has 0 heterocycles. The van der Waals surface area contributed by atoms with E-state index < -0.39 is 0 Å². The highest BCUT2D eigenvalue weighted by Crippen LogP contribution is 2.16. The van der Waals surface area contributed by atoms with Gasteiger partial charge in [0, 0.05) is 9.61 Å². The van der Waals surface area contributed by atoms with Crippen LogP contribution in [0.25, 0.3) is 0 Å². The summed E-state index contributed by atoms with van der Waals surface area (Å²) in [5.74, 6) is 1.47. The van der Waals surface area contributed by atoms with Gasteiger partial charge in [-0.1, -0.05) is 32.9 Å². The Bertz CT molecular complexity index is 305. The van der Waals surface area contributed by atoms with Gasteiger partial charge in [-0.25, -0.2) is 0 Å². The molecular formula is C14H22IN. The summed E-state index contributed by atoms with van der Waals surface area (Å²) in [5.41, 5.74) is 1.37. The summed E-state index contributed by atoms with van der Waals surface area (Å²) in [6.07, 6.45) is 0. The minimum Gasteiger partial charge on any atom is -0.310 e. The number of benzene rings is 1. The Labute approximate surface area is 113 Å². The molecule has 1 aromatic carbocycles. The minimum atomic E-state index is 0.443. The van der Waals surface area contributed by atoms with Gasteiger partial charge in [-0.3, -0.25) is 0 Å². The molecule has 0 aliphatic rings. The van der Waals surface area contributed by atoms with Crippen LogP contribution in [0.2, 0.25) is 0 Å². The van der Waals surface area contributed by atoms with E-state index in [9.17, 15) is 0 Å². The Hall–Kier alpha value is -0.0900. The molecule has 2 heteroatoms. The van der Waals surface area contributed by atoms with Gasteiger partial charge in [0.2, 0.25) is 0 Å². The molecule has 0 bridgehead atoms. The number of hydrogen-bond acceptors (Lipinski definition) is 1. The van der Waals surface area contributed by atoms with E-state index in [1.165, 1.54) is 9.13 Å². The second kappa shape index (κ2) is 6.60. The van der Waals surface area contributed by atoms with Crippen LogP contribution >= 0.6 is 22.6 Å². The van der Waals surface area contributed by atoms with Crippen molar-refractivity contribution in [2.45, 2.75) is 33.7 Å². The fourth-order valence-electron chi connectivity index (χ4n) is 1.47. The van der Waals surface area contributed by atoms with Crippen LogP contribution in [0.4, 0.5) is 0 Å². The molecule has 2 unspecified atom stereocenters. The Morgan fingerprint density at radius 1 is 1.06 bits per heavy atom. The normalized spacial score (nSPS) is 15.1. The Kier molecular flexibility index (Phi) is 5.76. The molecule has 1 nitrogen and oxygen atoms in total. The molecule has 0 saturated carbocycles. The van der Waals surface area contributed by atoms with Crippen molar-refractivity contribution in [3.8, 4) is 0 Å². The first-order valence-electron chi connectivity index (χ1n) is 5.99. The van der Waals surface area contributed by atoms with Crippen molar-refractivity contribution in [1.82, 2.24) is 5.32 Å². The Morgan fingerprint density at radius 3 is 2.12 bits per heavy atom. The van der Waals surface area contributed by atoms with Gasteiger partial charge in [-0.2, -0.15) is 0 Å². The van der Waals surface area contributed by atoms with E-state index in [1.807, 2.05) is 0 Å². The van der Waals surface area contributed by atoms with E-state index in [2.05, 4.69) is 79.9 Å². The molecule has 0 fully saturated rings. The van der Waals surface area contributed by atoms with Gasteiger partial charge in [0.1, 0.15) is 0 Å². The standard InChI is InChI=1S/C14H22IN/c1-10(2)11(3)9-16-12(4)13-5-7-14(15)8-6-13/h5-8,10-12,16H,9H2,1-4H3. The summed E-state index contributed by atoms with van der Waals surface area (Å²) in [6, 6.07) is 9.19. The number of nitrogens with one attached hydrogen (secondary N) is 1. The molecular weight excluding hydrogens is 309 g/mol. The van der Waals surface area contributed by atoms with E-state index in [-0.39, 0.29) is 0 Å². The van der Waals surface area contributed by atoms with Crippen molar-refractivity contribution in [2.75, 3.05) is 6.54 Å². The smallest absolute Gasteiger partial charge is 0.0291 e. The van der Waals surface area contributed by atoms with Crippen molar-refractivity contribution in [2.24, 2.45) is 11.8 Å². The summed E-state index contributed by atoms with van der Waals surface area (Å²) < 4.78 is 1.30. The maximum atomic E-state index is 3.60. The zero-order valence-corrected chi connectivity index (χ0v) is 12.8. The SMILES string of the molecule is CC(NCC(C)C(C)C)c1ccc(I)cc1. The average Bonchev–Trinajstić information content (AvgIpc) is 2.26. The fraction of sp³-hybridized carbons (Fsp3) is 0.571. The molecule has 0 aromatic heterocycles. The Morgan fingerprint density at radius 2 is 1.62 bits per heavy atom. The van der Waals surface area contributed by atoms with E-state index >= 15 is 0 Å². The van der Waals surface area contributed by atoms with Gasteiger partial charge in [-0.05, 0) is 65.6 Å². The lowest BCUT2D eigenvalue weighted by Gasteiger charge is -2.20. The van der Waals surface area contributed by atoms with Gasteiger partial charge < -0.3 is 5.32 Å². The van der Waals surface area contributed by atoms with Crippen LogP contribution in [0.5, 0.6) is 0 Å². The summed E-state index contributed by atoms with van der Waals surface area (Å²) in [6.45, 7) is 10.2. The third-order valence-electron chi connectivity index (χ3n) is 3.25. The predicted molar refractivity (Wildman–Crippen MR) is 79.6 cm³/mol. The molecule has 1 rings (SSSR count). The molecule has 16 heavy (non-hydrogen) atoms.